The van der Waals surface area contributed by atoms with E-state index < -0.39 is 0 Å². The minimum atomic E-state index is -0.223. The van der Waals surface area contributed by atoms with Crippen LogP contribution in [0.25, 0.3) is 86.9 Å². The molecule has 13 aromatic carbocycles. The monoisotopic (exact) mass is 975 g/mol. The first-order chi connectivity index (χ1) is 36.9. The summed E-state index contributed by atoms with van der Waals surface area (Å²) in [4.78, 5) is 2.53. The molecule has 0 spiro atoms. The number of hydrogen-bond acceptors (Lipinski definition) is 1. The van der Waals surface area contributed by atoms with E-state index in [1.807, 2.05) is 0 Å². The maximum atomic E-state index is 2.56. The molecule has 0 heterocycles. The van der Waals surface area contributed by atoms with Gasteiger partial charge < -0.3 is 4.90 Å². The van der Waals surface area contributed by atoms with E-state index in [2.05, 4.69) is 296 Å². The lowest BCUT2D eigenvalue weighted by atomic mass is 9.79. The van der Waals surface area contributed by atoms with Crippen LogP contribution in [-0.2, 0) is 10.8 Å². The van der Waals surface area contributed by atoms with Crippen molar-refractivity contribution in [1.29, 1.82) is 0 Å². The topological polar surface area (TPSA) is 3.24 Å². The van der Waals surface area contributed by atoms with Gasteiger partial charge in [0.2, 0.25) is 0 Å². The highest BCUT2D eigenvalue weighted by molar-refractivity contribution is 6.16. The van der Waals surface area contributed by atoms with Crippen LogP contribution in [0.4, 0.5) is 17.1 Å². The molecular weight excluding hydrogens is 915 g/mol. The van der Waals surface area contributed by atoms with Gasteiger partial charge in [-0.05, 0) is 173 Å². The van der Waals surface area contributed by atoms with E-state index in [4.69, 9.17) is 0 Å². The molecule has 0 amide bonds. The molecule has 0 aromatic heterocycles. The van der Waals surface area contributed by atoms with Crippen molar-refractivity contribution in [2.45, 2.75) is 59.3 Å². The second-order valence-electron chi connectivity index (χ2n) is 22.3. The SMILES string of the molecule is Cc1ccc2c(c1)C(C)(C)c1cc3c(cc1-2)C(C)(C)c1cc(N(c2ccc4ccccc4c2)c2cccc4ccccc24)c2cc4ccccc4cc2c1-3.Cc1ccc2ccccc2c1.Cc1cccc2ccccc12. The van der Waals surface area contributed by atoms with Crippen molar-refractivity contribution in [1.82, 2.24) is 0 Å². The Morgan fingerprint density at radius 3 is 1.43 bits per heavy atom. The van der Waals surface area contributed by atoms with Gasteiger partial charge in [0.15, 0.2) is 0 Å². The summed E-state index contributed by atoms with van der Waals surface area (Å²) < 4.78 is 0. The van der Waals surface area contributed by atoms with E-state index in [-0.39, 0.29) is 10.8 Å². The maximum absolute atomic E-state index is 2.56. The van der Waals surface area contributed by atoms with E-state index in [1.54, 1.807) is 0 Å². The average Bonchev–Trinajstić information content (AvgIpc) is 3.82. The molecule has 2 aliphatic rings. The summed E-state index contributed by atoms with van der Waals surface area (Å²) in [7, 11) is 0. The number of benzene rings is 13. The van der Waals surface area contributed by atoms with E-state index in [9.17, 15) is 0 Å². The number of hydrogen-bond donors (Lipinski definition) is 0. The zero-order valence-electron chi connectivity index (χ0n) is 44.5. The molecule has 0 bridgehead atoms. The second kappa shape index (κ2) is 18.3. The van der Waals surface area contributed by atoms with Gasteiger partial charge in [0.05, 0.1) is 11.4 Å². The molecule has 76 heavy (non-hydrogen) atoms. The molecule has 0 fully saturated rings. The largest absolute Gasteiger partial charge is 0.309 e. The summed E-state index contributed by atoms with van der Waals surface area (Å²) in [5.41, 5.74) is 18.4. The highest BCUT2D eigenvalue weighted by Gasteiger charge is 2.43. The molecule has 0 saturated carbocycles. The van der Waals surface area contributed by atoms with Gasteiger partial charge in [-0.25, -0.2) is 0 Å². The standard InChI is InChI=1S/C53H41N.2C11H10/c1-32-21-24-40-41-29-47-44(30-46(41)52(2,3)45(40)25-32)51-43-28-37-17-9-8-16-36(37)27-42(43)50(31-48(51)53(47,4)5)54(38-23-22-33-13-6-7-15-35(33)26-38)49-20-12-18-34-14-10-11-19-39(34)49;1-9-5-4-7-10-6-2-3-8-11(9)10;1-9-6-7-10-4-2-3-5-11(10)8-9/h6-31H,1-5H3;2*2-8H,1H3. The highest BCUT2D eigenvalue weighted by Crippen LogP contribution is 2.59. The van der Waals surface area contributed by atoms with Crippen molar-refractivity contribution >= 4 is 81.7 Å². The van der Waals surface area contributed by atoms with Gasteiger partial charge in [0.1, 0.15) is 0 Å². The Hall–Kier alpha value is -8.78. The second-order valence-corrected chi connectivity index (χ2v) is 22.3. The molecule has 15 rings (SSSR count). The number of nitrogens with zero attached hydrogens (tertiary/aromatic N) is 1. The number of fused-ring (bicyclic) bond motifs is 13. The fraction of sp³-hybridized carbons (Fsp3) is 0.120. The fourth-order valence-corrected chi connectivity index (χ4v) is 12.6. The van der Waals surface area contributed by atoms with Gasteiger partial charge in [-0.3, -0.25) is 0 Å². The summed E-state index contributed by atoms with van der Waals surface area (Å²) in [6.07, 6.45) is 0. The summed E-state index contributed by atoms with van der Waals surface area (Å²) in [6, 6.07) is 89.4. The maximum Gasteiger partial charge on any atom is 0.0544 e. The summed E-state index contributed by atoms with van der Waals surface area (Å²) in [5.74, 6) is 0. The molecule has 0 radical (unpaired) electrons. The van der Waals surface area contributed by atoms with Crippen molar-refractivity contribution in [2.24, 2.45) is 0 Å². The van der Waals surface area contributed by atoms with Crippen LogP contribution < -0.4 is 4.90 Å². The molecule has 0 N–H and O–H groups in total. The van der Waals surface area contributed by atoms with Gasteiger partial charge in [-0.15, -0.1) is 0 Å². The lowest BCUT2D eigenvalue weighted by Crippen LogP contribution is -2.18. The summed E-state index contributed by atoms with van der Waals surface area (Å²) in [6.45, 7) is 16.2. The van der Waals surface area contributed by atoms with Crippen LogP contribution in [0, 0.1) is 20.8 Å². The molecule has 366 valence electrons. The van der Waals surface area contributed by atoms with Gasteiger partial charge in [0, 0.05) is 27.3 Å². The van der Waals surface area contributed by atoms with E-state index in [0.717, 1.165) is 5.69 Å². The van der Waals surface area contributed by atoms with Gasteiger partial charge in [-0.1, -0.05) is 233 Å². The number of aryl methyl sites for hydroxylation is 3. The normalized spacial score (nSPS) is 13.4. The predicted octanol–water partition coefficient (Wildman–Crippen LogP) is 21.0. The van der Waals surface area contributed by atoms with Crippen LogP contribution in [0.15, 0.2) is 243 Å². The quantitative estimate of drug-likeness (QED) is 0.160. The van der Waals surface area contributed by atoms with E-state index in [1.165, 1.54) is 137 Å². The Morgan fingerprint density at radius 2 is 0.750 bits per heavy atom. The van der Waals surface area contributed by atoms with Crippen molar-refractivity contribution < 1.29 is 0 Å². The summed E-state index contributed by atoms with van der Waals surface area (Å²) >= 11 is 0. The van der Waals surface area contributed by atoms with Crippen LogP contribution in [0.5, 0.6) is 0 Å². The van der Waals surface area contributed by atoms with Gasteiger partial charge in [0.25, 0.3) is 0 Å². The Labute approximate surface area is 447 Å². The number of anilines is 3. The van der Waals surface area contributed by atoms with E-state index in [0.29, 0.717) is 0 Å². The average molecular weight is 976 g/mol. The van der Waals surface area contributed by atoms with Crippen molar-refractivity contribution in [3.05, 3.63) is 282 Å². The van der Waals surface area contributed by atoms with Crippen molar-refractivity contribution in [3.8, 4) is 22.3 Å². The summed E-state index contributed by atoms with van der Waals surface area (Å²) in [5, 5.41) is 15.4. The molecule has 2 aliphatic carbocycles. The fourth-order valence-electron chi connectivity index (χ4n) is 12.6. The third-order valence-electron chi connectivity index (χ3n) is 16.7. The minimum absolute atomic E-state index is 0.0810. The smallest absolute Gasteiger partial charge is 0.0544 e. The molecule has 0 unspecified atom stereocenters. The van der Waals surface area contributed by atoms with Crippen LogP contribution in [0.2, 0.25) is 0 Å². The Kier molecular flexibility index (Phi) is 11.3. The van der Waals surface area contributed by atoms with Crippen LogP contribution >= 0.6 is 0 Å². The molecule has 1 nitrogen and oxygen atoms in total. The van der Waals surface area contributed by atoms with E-state index >= 15 is 0 Å². The lowest BCUT2D eigenvalue weighted by molar-refractivity contribution is 0.652. The zero-order valence-corrected chi connectivity index (χ0v) is 44.5. The first-order valence-corrected chi connectivity index (χ1v) is 26.9. The first kappa shape index (κ1) is 47.0. The Morgan fingerprint density at radius 1 is 0.276 bits per heavy atom. The number of rotatable bonds is 3. The van der Waals surface area contributed by atoms with Crippen LogP contribution in [0.3, 0.4) is 0 Å². The molecule has 0 saturated heterocycles. The Balaban J connectivity index is 0.000000206. The first-order valence-electron chi connectivity index (χ1n) is 26.9. The lowest BCUT2D eigenvalue weighted by Gasteiger charge is -2.31. The molecule has 0 atom stereocenters. The van der Waals surface area contributed by atoms with Gasteiger partial charge in [-0.2, -0.15) is 0 Å². The third-order valence-corrected chi connectivity index (χ3v) is 16.7. The molecule has 1 heteroatoms. The molecule has 13 aromatic rings. The van der Waals surface area contributed by atoms with Crippen molar-refractivity contribution in [2.75, 3.05) is 4.90 Å². The van der Waals surface area contributed by atoms with Crippen LogP contribution in [-0.4, -0.2) is 0 Å². The minimum Gasteiger partial charge on any atom is -0.309 e. The molecule has 0 aliphatic heterocycles. The van der Waals surface area contributed by atoms with Crippen molar-refractivity contribution in [3.63, 3.8) is 0 Å². The zero-order chi connectivity index (χ0) is 51.9. The third kappa shape index (κ3) is 7.84. The van der Waals surface area contributed by atoms with Crippen LogP contribution in [0.1, 0.15) is 66.6 Å². The predicted molar refractivity (Wildman–Crippen MR) is 328 cm³/mol. The van der Waals surface area contributed by atoms with Gasteiger partial charge >= 0.3 is 0 Å². The highest BCUT2D eigenvalue weighted by atomic mass is 15.1. The Bertz CT molecular complexity index is 4440. The molecular formula is C75H61N.